The summed E-state index contributed by atoms with van der Waals surface area (Å²) in [6.07, 6.45) is 4.18. The van der Waals surface area contributed by atoms with E-state index in [1.165, 1.54) is 31.0 Å². The first-order chi connectivity index (χ1) is 10.1. The molecule has 0 saturated carbocycles. The molecule has 21 heavy (non-hydrogen) atoms. The van der Waals surface area contributed by atoms with Crippen molar-refractivity contribution in [3.8, 4) is 0 Å². The zero-order chi connectivity index (χ0) is 15.5. The first kappa shape index (κ1) is 16.4. The Labute approximate surface area is 126 Å². The average Bonchev–Trinajstić information content (AvgIpc) is 3.02. The largest absolute Gasteiger partial charge is 0.311 e. The fraction of sp³-hybridized carbons (Fsp3) is 0.647. The van der Waals surface area contributed by atoms with Crippen LogP contribution in [0.2, 0.25) is 0 Å². The van der Waals surface area contributed by atoms with Gasteiger partial charge in [-0.2, -0.15) is 0 Å². The number of hydrogen-bond acceptors (Lipinski definition) is 2. The van der Waals surface area contributed by atoms with E-state index in [2.05, 4.69) is 24.1 Å². The van der Waals surface area contributed by atoms with Crippen LogP contribution in [-0.4, -0.2) is 30.6 Å². The molecule has 1 saturated heterocycles. The number of rotatable bonds is 6. The van der Waals surface area contributed by atoms with E-state index in [1.54, 1.807) is 0 Å². The van der Waals surface area contributed by atoms with Gasteiger partial charge in [-0.1, -0.05) is 13.8 Å². The predicted molar refractivity (Wildman–Crippen MR) is 82.3 cm³/mol. The van der Waals surface area contributed by atoms with Crippen LogP contribution in [0.25, 0.3) is 0 Å². The second kappa shape index (κ2) is 6.84. The molecule has 0 amide bonds. The SMILES string of the molecule is CCC(CC)(C(NC)c1cc(F)ccc1F)N1CCCC1. The van der Waals surface area contributed by atoms with Crippen LogP contribution in [0, 0.1) is 11.6 Å². The monoisotopic (exact) mass is 296 g/mol. The van der Waals surface area contributed by atoms with Crippen molar-refractivity contribution < 1.29 is 8.78 Å². The number of hydrogen-bond donors (Lipinski definition) is 1. The summed E-state index contributed by atoms with van der Waals surface area (Å²) in [6, 6.07) is 3.55. The number of benzene rings is 1. The molecule has 2 rings (SSSR count). The summed E-state index contributed by atoms with van der Waals surface area (Å²) in [4.78, 5) is 2.46. The Balaban J connectivity index is 2.46. The minimum atomic E-state index is -0.380. The summed E-state index contributed by atoms with van der Waals surface area (Å²) in [5.41, 5.74) is 0.271. The summed E-state index contributed by atoms with van der Waals surface area (Å²) in [7, 11) is 1.84. The smallest absolute Gasteiger partial charge is 0.128 e. The summed E-state index contributed by atoms with van der Waals surface area (Å²) in [5.74, 6) is -0.713. The zero-order valence-electron chi connectivity index (χ0n) is 13.3. The van der Waals surface area contributed by atoms with Gasteiger partial charge >= 0.3 is 0 Å². The third kappa shape index (κ3) is 2.97. The Bertz CT molecular complexity index is 466. The van der Waals surface area contributed by atoms with Gasteiger partial charge in [0.25, 0.3) is 0 Å². The van der Waals surface area contributed by atoms with Crippen LogP contribution in [0.15, 0.2) is 18.2 Å². The van der Waals surface area contributed by atoms with E-state index < -0.39 is 0 Å². The van der Waals surface area contributed by atoms with E-state index in [0.29, 0.717) is 5.56 Å². The van der Waals surface area contributed by atoms with Crippen LogP contribution in [-0.2, 0) is 0 Å². The van der Waals surface area contributed by atoms with Gasteiger partial charge in [-0.25, -0.2) is 8.78 Å². The molecule has 1 aromatic carbocycles. The Hall–Kier alpha value is -1.00. The van der Waals surface area contributed by atoms with E-state index in [4.69, 9.17) is 0 Å². The maximum atomic E-state index is 14.3. The van der Waals surface area contributed by atoms with Crippen molar-refractivity contribution in [1.29, 1.82) is 0 Å². The van der Waals surface area contributed by atoms with Crippen LogP contribution in [0.5, 0.6) is 0 Å². The van der Waals surface area contributed by atoms with E-state index >= 15 is 0 Å². The van der Waals surface area contributed by atoms with Crippen LogP contribution in [0.4, 0.5) is 8.78 Å². The highest BCUT2D eigenvalue weighted by molar-refractivity contribution is 5.26. The van der Waals surface area contributed by atoms with Crippen molar-refractivity contribution in [1.82, 2.24) is 10.2 Å². The van der Waals surface area contributed by atoms with E-state index in [9.17, 15) is 8.78 Å². The lowest BCUT2D eigenvalue weighted by Crippen LogP contribution is -2.54. The van der Waals surface area contributed by atoms with Crippen LogP contribution >= 0.6 is 0 Å². The van der Waals surface area contributed by atoms with E-state index in [0.717, 1.165) is 25.9 Å². The van der Waals surface area contributed by atoms with Crippen molar-refractivity contribution in [3.63, 3.8) is 0 Å². The third-order valence-electron chi connectivity index (χ3n) is 5.06. The van der Waals surface area contributed by atoms with E-state index in [1.807, 2.05) is 7.05 Å². The molecule has 1 N–H and O–H groups in total. The lowest BCUT2D eigenvalue weighted by atomic mass is 9.79. The Morgan fingerprint density at radius 1 is 1.19 bits per heavy atom. The third-order valence-corrected chi connectivity index (χ3v) is 5.06. The summed E-state index contributed by atoms with van der Waals surface area (Å²) < 4.78 is 27.9. The molecule has 1 aliphatic rings. The van der Waals surface area contributed by atoms with Crippen LogP contribution in [0.1, 0.15) is 51.1 Å². The minimum Gasteiger partial charge on any atom is -0.311 e. The molecule has 0 aliphatic carbocycles. The first-order valence-electron chi connectivity index (χ1n) is 7.96. The number of nitrogens with zero attached hydrogens (tertiary/aromatic N) is 1. The molecule has 2 nitrogen and oxygen atoms in total. The molecule has 1 unspecified atom stereocenters. The summed E-state index contributed by atoms with van der Waals surface area (Å²) >= 11 is 0. The fourth-order valence-corrected chi connectivity index (χ4v) is 3.90. The molecule has 0 aromatic heterocycles. The van der Waals surface area contributed by atoms with Crippen LogP contribution < -0.4 is 5.32 Å². The summed E-state index contributed by atoms with van der Waals surface area (Å²) in [6.45, 7) is 6.36. The second-order valence-corrected chi connectivity index (χ2v) is 5.89. The number of likely N-dealkylation sites (N-methyl/N-ethyl adjacent to an activating group) is 1. The lowest BCUT2D eigenvalue weighted by Gasteiger charge is -2.47. The van der Waals surface area contributed by atoms with Gasteiger partial charge in [0.15, 0.2) is 0 Å². The highest BCUT2D eigenvalue weighted by Crippen LogP contribution is 2.40. The Morgan fingerprint density at radius 3 is 2.33 bits per heavy atom. The molecule has 1 heterocycles. The molecule has 0 spiro atoms. The van der Waals surface area contributed by atoms with E-state index in [-0.39, 0.29) is 23.2 Å². The fourth-order valence-electron chi connectivity index (χ4n) is 3.90. The zero-order valence-corrected chi connectivity index (χ0v) is 13.3. The molecule has 1 aromatic rings. The lowest BCUT2D eigenvalue weighted by molar-refractivity contribution is 0.0632. The van der Waals surface area contributed by atoms with Crippen molar-refractivity contribution in [2.24, 2.45) is 0 Å². The van der Waals surface area contributed by atoms with Gasteiger partial charge in [0, 0.05) is 11.1 Å². The Morgan fingerprint density at radius 2 is 1.81 bits per heavy atom. The molecule has 1 aliphatic heterocycles. The number of halogens is 2. The van der Waals surface area contributed by atoms with Crippen molar-refractivity contribution in [3.05, 3.63) is 35.4 Å². The predicted octanol–water partition coefficient (Wildman–Crippen LogP) is 3.88. The number of likely N-dealkylation sites (tertiary alicyclic amines) is 1. The van der Waals surface area contributed by atoms with Gasteiger partial charge in [-0.15, -0.1) is 0 Å². The maximum absolute atomic E-state index is 14.3. The van der Waals surface area contributed by atoms with Gasteiger partial charge in [-0.3, -0.25) is 4.90 Å². The van der Waals surface area contributed by atoms with Gasteiger partial charge in [0.1, 0.15) is 11.6 Å². The molecule has 0 bridgehead atoms. The molecule has 1 fully saturated rings. The van der Waals surface area contributed by atoms with Gasteiger partial charge < -0.3 is 5.32 Å². The summed E-state index contributed by atoms with van der Waals surface area (Å²) in [5, 5.41) is 3.26. The first-order valence-corrected chi connectivity index (χ1v) is 7.96. The van der Waals surface area contributed by atoms with Crippen LogP contribution in [0.3, 0.4) is 0 Å². The van der Waals surface area contributed by atoms with Gasteiger partial charge in [-0.05, 0) is 64.0 Å². The average molecular weight is 296 g/mol. The second-order valence-electron chi connectivity index (χ2n) is 5.89. The highest BCUT2D eigenvalue weighted by atomic mass is 19.1. The normalized spacial score (nSPS) is 18.1. The molecular weight excluding hydrogens is 270 g/mol. The molecular formula is C17H26F2N2. The van der Waals surface area contributed by atoms with Crippen molar-refractivity contribution in [2.45, 2.75) is 51.1 Å². The Kier molecular flexibility index (Phi) is 5.33. The molecule has 0 radical (unpaired) electrons. The minimum absolute atomic E-state index is 0.167. The number of nitrogens with one attached hydrogen (secondary N) is 1. The van der Waals surface area contributed by atoms with Gasteiger partial charge in [0.2, 0.25) is 0 Å². The molecule has 4 heteroatoms. The standard InChI is InChI=1S/C17H26F2N2/c1-4-17(5-2,21-10-6-7-11-21)16(20-3)14-12-13(18)8-9-15(14)19/h8-9,12,16,20H,4-7,10-11H2,1-3H3. The molecule has 118 valence electrons. The topological polar surface area (TPSA) is 15.3 Å². The van der Waals surface area contributed by atoms with Crippen molar-refractivity contribution in [2.75, 3.05) is 20.1 Å². The molecule has 1 atom stereocenters. The maximum Gasteiger partial charge on any atom is 0.128 e. The highest BCUT2D eigenvalue weighted by Gasteiger charge is 2.43. The quantitative estimate of drug-likeness (QED) is 0.857. The van der Waals surface area contributed by atoms with Crippen molar-refractivity contribution >= 4 is 0 Å². The van der Waals surface area contributed by atoms with Gasteiger partial charge in [0.05, 0.1) is 6.04 Å².